The quantitative estimate of drug-likeness (QED) is 0.713. The SMILES string of the molecule is O=C(NCc1nc(-c2cccnc2)no1)C1CCCN(Cc2ccco2)C1. The van der Waals surface area contributed by atoms with Gasteiger partial charge in [0.25, 0.3) is 0 Å². The molecule has 0 aliphatic carbocycles. The number of hydrogen-bond acceptors (Lipinski definition) is 7. The maximum atomic E-state index is 12.5. The summed E-state index contributed by atoms with van der Waals surface area (Å²) in [5.74, 6) is 1.74. The Bertz CT molecular complexity index is 863. The van der Waals surface area contributed by atoms with Crippen molar-refractivity contribution in [2.24, 2.45) is 5.92 Å². The number of nitrogens with zero attached hydrogens (tertiary/aromatic N) is 4. The van der Waals surface area contributed by atoms with Gasteiger partial charge in [-0.25, -0.2) is 0 Å². The Morgan fingerprint density at radius 3 is 3.11 bits per heavy atom. The van der Waals surface area contributed by atoms with Crippen LogP contribution >= 0.6 is 0 Å². The summed E-state index contributed by atoms with van der Waals surface area (Å²) in [6, 6.07) is 7.51. The van der Waals surface area contributed by atoms with Gasteiger partial charge in [-0.1, -0.05) is 5.16 Å². The predicted octanol–water partition coefficient (Wildman–Crippen LogP) is 2.25. The van der Waals surface area contributed by atoms with E-state index in [1.54, 1.807) is 18.7 Å². The Kier molecular flexibility index (Phi) is 5.24. The molecule has 0 bridgehead atoms. The van der Waals surface area contributed by atoms with Crippen molar-refractivity contribution in [3.63, 3.8) is 0 Å². The molecule has 8 nitrogen and oxygen atoms in total. The fraction of sp³-hybridized carbons (Fsp3) is 0.368. The number of hydrogen-bond donors (Lipinski definition) is 1. The minimum absolute atomic E-state index is 0.0141. The van der Waals surface area contributed by atoms with E-state index >= 15 is 0 Å². The van der Waals surface area contributed by atoms with Crippen LogP contribution in [0.2, 0.25) is 0 Å². The van der Waals surface area contributed by atoms with Gasteiger partial charge in [-0.3, -0.25) is 14.7 Å². The molecule has 1 saturated heterocycles. The molecule has 8 heteroatoms. The van der Waals surface area contributed by atoms with E-state index < -0.39 is 0 Å². The van der Waals surface area contributed by atoms with Crippen molar-refractivity contribution in [1.82, 2.24) is 25.3 Å². The Balaban J connectivity index is 1.29. The number of piperidine rings is 1. The highest BCUT2D eigenvalue weighted by molar-refractivity contribution is 5.78. The van der Waals surface area contributed by atoms with Crippen LogP contribution in [0.25, 0.3) is 11.4 Å². The minimum Gasteiger partial charge on any atom is -0.468 e. The van der Waals surface area contributed by atoms with E-state index in [1.807, 2.05) is 24.3 Å². The summed E-state index contributed by atoms with van der Waals surface area (Å²) < 4.78 is 10.6. The molecule has 1 aliphatic rings. The molecule has 0 radical (unpaired) electrons. The van der Waals surface area contributed by atoms with Crippen LogP contribution in [0.3, 0.4) is 0 Å². The molecule has 3 aromatic rings. The summed E-state index contributed by atoms with van der Waals surface area (Å²) in [6.07, 6.45) is 6.90. The lowest BCUT2D eigenvalue weighted by Crippen LogP contribution is -2.42. The smallest absolute Gasteiger partial charge is 0.246 e. The second-order valence-electron chi connectivity index (χ2n) is 6.62. The summed E-state index contributed by atoms with van der Waals surface area (Å²) in [7, 11) is 0. The number of amides is 1. The first kappa shape index (κ1) is 17.4. The van der Waals surface area contributed by atoms with Gasteiger partial charge in [-0.2, -0.15) is 4.98 Å². The Morgan fingerprint density at radius 2 is 2.30 bits per heavy atom. The molecule has 27 heavy (non-hydrogen) atoms. The van der Waals surface area contributed by atoms with Gasteiger partial charge in [0, 0.05) is 24.5 Å². The van der Waals surface area contributed by atoms with Crippen LogP contribution in [0.5, 0.6) is 0 Å². The maximum Gasteiger partial charge on any atom is 0.246 e. The topological polar surface area (TPSA) is 97.3 Å². The van der Waals surface area contributed by atoms with E-state index in [-0.39, 0.29) is 18.4 Å². The molecule has 0 aromatic carbocycles. The highest BCUT2D eigenvalue weighted by atomic mass is 16.5. The summed E-state index contributed by atoms with van der Waals surface area (Å²) in [4.78, 5) is 23.1. The van der Waals surface area contributed by atoms with Crippen molar-refractivity contribution in [3.8, 4) is 11.4 Å². The molecule has 4 rings (SSSR count). The maximum absolute atomic E-state index is 12.5. The lowest BCUT2D eigenvalue weighted by atomic mass is 9.97. The van der Waals surface area contributed by atoms with Crippen LogP contribution in [-0.2, 0) is 17.9 Å². The first-order valence-electron chi connectivity index (χ1n) is 9.03. The summed E-state index contributed by atoms with van der Waals surface area (Å²) >= 11 is 0. The summed E-state index contributed by atoms with van der Waals surface area (Å²) in [5, 5.41) is 6.85. The number of rotatable bonds is 6. The van der Waals surface area contributed by atoms with Gasteiger partial charge in [0.15, 0.2) is 0 Å². The molecule has 1 fully saturated rings. The Morgan fingerprint density at radius 1 is 1.33 bits per heavy atom. The van der Waals surface area contributed by atoms with E-state index in [4.69, 9.17) is 8.94 Å². The van der Waals surface area contributed by atoms with E-state index in [0.29, 0.717) is 11.7 Å². The third-order valence-electron chi connectivity index (χ3n) is 4.64. The van der Waals surface area contributed by atoms with Gasteiger partial charge in [0.1, 0.15) is 5.76 Å². The van der Waals surface area contributed by atoms with Gasteiger partial charge < -0.3 is 14.3 Å². The van der Waals surface area contributed by atoms with Gasteiger partial charge in [0.05, 0.1) is 25.3 Å². The standard InChI is InChI=1S/C19H21N5O3/c25-19(15-5-2-8-24(12-15)13-16-6-3-9-26-16)21-11-17-22-18(23-27-17)14-4-1-7-20-10-14/h1,3-4,6-7,9-10,15H,2,5,8,11-13H2,(H,21,25). The molecular weight excluding hydrogens is 346 g/mol. The zero-order chi connectivity index (χ0) is 18.5. The molecule has 0 saturated carbocycles. The van der Waals surface area contributed by atoms with Crippen LogP contribution in [-0.4, -0.2) is 39.0 Å². The zero-order valence-electron chi connectivity index (χ0n) is 14.9. The highest BCUT2D eigenvalue weighted by Gasteiger charge is 2.26. The van der Waals surface area contributed by atoms with Crippen molar-refractivity contribution >= 4 is 5.91 Å². The van der Waals surface area contributed by atoms with Crippen LogP contribution < -0.4 is 5.32 Å². The number of aromatic nitrogens is 3. The van der Waals surface area contributed by atoms with Crippen molar-refractivity contribution < 1.29 is 13.7 Å². The molecular formula is C19H21N5O3. The fourth-order valence-electron chi connectivity index (χ4n) is 3.28. The van der Waals surface area contributed by atoms with Crippen LogP contribution in [0, 0.1) is 5.92 Å². The minimum atomic E-state index is -0.0468. The normalized spacial score (nSPS) is 17.7. The van der Waals surface area contributed by atoms with Crippen molar-refractivity contribution in [1.29, 1.82) is 0 Å². The molecule has 140 valence electrons. The summed E-state index contributed by atoms with van der Waals surface area (Å²) in [6.45, 7) is 2.65. The second-order valence-corrected chi connectivity index (χ2v) is 6.62. The molecule has 1 unspecified atom stereocenters. The van der Waals surface area contributed by atoms with E-state index in [1.165, 1.54) is 0 Å². The first-order valence-corrected chi connectivity index (χ1v) is 9.03. The monoisotopic (exact) mass is 367 g/mol. The molecule has 1 aliphatic heterocycles. The second kappa shape index (κ2) is 8.13. The average Bonchev–Trinajstić information content (AvgIpc) is 3.39. The van der Waals surface area contributed by atoms with Gasteiger partial charge in [0.2, 0.25) is 17.6 Å². The lowest BCUT2D eigenvalue weighted by molar-refractivity contribution is -0.127. The molecule has 4 heterocycles. The predicted molar refractivity (Wildman–Crippen MR) is 96.1 cm³/mol. The number of carbonyl (C=O) groups is 1. The van der Waals surface area contributed by atoms with Gasteiger partial charge in [-0.15, -0.1) is 0 Å². The molecule has 0 spiro atoms. The van der Waals surface area contributed by atoms with E-state index in [9.17, 15) is 4.79 Å². The van der Waals surface area contributed by atoms with Crippen LogP contribution in [0.15, 0.2) is 51.9 Å². The third kappa shape index (κ3) is 4.40. The highest BCUT2D eigenvalue weighted by Crippen LogP contribution is 2.19. The van der Waals surface area contributed by atoms with Gasteiger partial charge >= 0.3 is 0 Å². The molecule has 3 aromatic heterocycles. The van der Waals surface area contributed by atoms with Gasteiger partial charge in [-0.05, 0) is 43.7 Å². The molecule has 1 amide bonds. The largest absolute Gasteiger partial charge is 0.468 e. The zero-order valence-corrected chi connectivity index (χ0v) is 14.9. The summed E-state index contributed by atoms with van der Waals surface area (Å²) in [5.41, 5.74) is 0.777. The van der Waals surface area contributed by atoms with Crippen molar-refractivity contribution in [2.75, 3.05) is 13.1 Å². The van der Waals surface area contributed by atoms with Crippen molar-refractivity contribution in [2.45, 2.75) is 25.9 Å². The number of furan rings is 1. The lowest BCUT2D eigenvalue weighted by Gasteiger charge is -2.31. The Labute approximate surface area is 156 Å². The third-order valence-corrected chi connectivity index (χ3v) is 4.64. The first-order chi connectivity index (χ1) is 13.3. The number of carbonyl (C=O) groups excluding carboxylic acids is 1. The van der Waals surface area contributed by atoms with Crippen LogP contribution in [0.4, 0.5) is 0 Å². The number of pyridine rings is 1. The molecule has 1 N–H and O–H groups in total. The number of nitrogens with one attached hydrogen (secondary N) is 1. The number of likely N-dealkylation sites (tertiary alicyclic amines) is 1. The van der Waals surface area contributed by atoms with E-state index in [2.05, 4.69) is 25.3 Å². The molecule has 1 atom stereocenters. The van der Waals surface area contributed by atoms with Crippen LogP contribution in [0.1, 0.15) is 24.5 Å². The Hall–Kier alpha value is -3.00. The average molecular weight is 367 g/mol. The fourth-order valence-corrected chi connectivity index (χ4v) is 3.28. The van der Waals surface area contributed by atoms with Crippen molar-refractivity contribution in [3.05, 3.63) is 54.6 Å². The van der Waals surface area contributed by atoms with E-state index in [0.717, 1.165) is 43.8 Å².